The van der Waals surface area contributed by atoms with Gasteiger partial charge in [-0.05, 0) is 36.1 Å². The van der Waals surface area contributed by atoms with Gasteiger partial charge in [0, 0.05) is 24.6 Å². The molecule has 6 rings (SSSR count). The predicted molar refractivity (Wildman–Crippen MR) is 151 cm³/mol. The number of benzene rings is 2. The van der Waals surface area contributed by atoms with Gasteiger partial charge in [0.1, 0.15) is 35.4 Å². The van der Waals surface area contributed by atoms with Crippen LogP contribution in [0.2, 0.25) is 0 Å². The molecule has 0 radical (unpaired) electrons. The summed E-state index contributed by atoms with van der Waals surface area (Å²) in [6.45, 7) is -2.17. The Labute approximate surface area is 249 Å². The van der Waals surface area contributed by atoms with Crippen LogP contribution in [-0.4, -0.2) is 57.8 Å². The third kappa shape index (κ3) is 5.71. The fraction of sp³-hybridized carbons (Fsp3) is 0.323. The first-order valence-electron chi connectivity index (χ1n) is 14.1. The molecule has 4 aromatic rings. The van der Waals surface area contributed by atoms with Gasteiger partial charge in [-0.25, -0.2) is 9.67 Å². The van der Waals surface area contributed by atoms with E-state index in [0.717, 1.165) is 11.1 Å². The van der Waals surface area contributed by atoms with Crippen molar-refractivity contribution in [1.29, 1.82) is 0 Å². The number of pyridine rings is 1. The van der Waals surface area contributed by atoms with E-state index in [9.17, 15) is 31.9 Å². The van der Waals surface area contributed by atoms with E-state index in [-0.39, 0.29) is 22.8 Å². The summed E-state index contributed by atoms with van der Waals surface area (Å²) in [5.74, 6) is -3.68. The standard InChI is InChI=1S/C31H28F5N5O3/c32-30(33)44-21-11-12-22(37-17-21)40-15-13-18(14-16-40)25-23-24(31(34,35)36)27(42)29(43)38-28(23)41(39-25)26(19-7-3-1-4-8-19)20-9-5-2-6-10-20/h1-12,17-18,24,26-27,30,42H,13-16H2,(H,38,43)/t24-,27-/m0/s1. The van der Waals surface area contributed by atoms with Crippen molar-refractivity contribution in [2.75, 3.05) is 23.3 Å². The Bertz CT molecular complexity index is 1550. The predicted octanol–water partition coefficient (Wildman–Crippen LogP) is 5.86. The van der Waals surface area contributed by atoms with Crippen LogP contribution in [0.15, 0.2) is 79.0 Å². The number of aliphatic hydroxyl groups excluding tert-OH is 1. The monoisotopic (exact) mass is 613 g/mol. The summed E-state index contributed by atoms with van der Waals surface area (Å²) in [6, 6.07) is 20.6. The number of carbonyl (C=O) groups excluding carboxylic acids is 1. The average molecular weight is 614 g/mol. The third-order valence-corrected chi connectivity index (χ3v) is 8.09. The normalized spacial score (nSPS) is 19.3. The lowest BCUT2D eigenvalue weighted by atomic mass is 9.82. The largest absolute Gasteiger partial charge is 0.433 e. The molecule has 0 saturated carbocycles. The van der Waals surface area contributed by atoms with Gasteiger partial charge in [0.25, 0.3) is 5.91 Å². The fourth-order valence-electron chi connectivity index (χ4n) is 6.09. The van der Waals surface area contributed by atoms with Crippen LogP contribution in [0.4, 0.5) is 33.6 Å². The molecule has 1 amide bonds. The molecule has 2 aromatic heterocycles. The Morgan fingerprint density at radius 3 is 2.07 bits per heavy atom. The molecule has 1 fully saturated rings. The van der Waals surface area contributed by atoms with Gasteiger partial charge in [-0.1, -0.05) is 60.7 Å². The summed E-state index contributed by atoms with van der Waals surface area (Å²) >= 11 is 0. The van der Waals surface area contributed by atoms with Gasteiger partial charge in [-0.15, -0.1) is 0 Å². The van der Waals surface area contributed by atoms with Gasteiger partial charge in [0.05, 0.1) is 11.9 Å². The summed E-state index contributed by atoms with van der Waals surface area (Å²) in [4.78, 5) is 18.9. The SMILES string of the molecule is O=C1Nc2c(c(C3CCN(c4ccc(OC(F)F)cn4)CC3)nn2C(c2ccccc2)c2ccccc2)[C@H](C(F)(F)F)[C@@H]1O. The molecule has 0 spiro atoms. The molecule has 0 unspecified atom stereocenters. The van der Waals surface area contributed by atoms with E-state index in [4.69, 9.17) is 5.10 Å². The first-order chi connectivity index (χ1) is 21.1. The van der Waals surface area contributed by atoms with E-state index in [1.54, 1.807) is 6.07 Å². The molecule has 44 heavy (non-hydrogen) atoms. The highest BCUT2D eigenvalue weighted by Gasteiger charge is 2.54. The van der Waals surface area contributed by atoms with E-state index in [2.05, 4.69) is 15.0 Å². The smallest absolute Gasteiger partial charge is 0.398 e. The lowest BCUT2D eigenvalue weighted by molar-refractivity contribution is -0.177. The summed E-state index contributed by atoms with van der Waals surface area (Å²) in [5, 5.41) is 17.9. The molecule has 0 aliphatic carbocycles. The molecule has 2 atom stereocenters. The summed E-state index contributed by atoms with van der Waals surface area (Å²) in [5.41, 5.74) is 1.44. The van der Waals surface area contributed by atoms with E-state index < -0.39 is 42.7 Å². The third-order valence-electron chi connectivity index (χ3n) is 8.09. The number of ether oxygens (including phenoxy) is 1. The first-order valence-corrected chi connectivity index (χ1v) is 14.1. The number of rotatable bonds is 7. The van der Waals surface area contributed by atoms with Gasteiger partial charge < -0.3 is 20.1 Å². The molecule has 8 nitrogen and oxygen atoms in total. The van der Waals surface area contributed by atoms with Crippen LogP contribution in [0.25, 0.3) is 0 Å². The van der Waals surface area contributed by atoms with Gasteiger partial charge in [-0.2, -0.15) is 27.1 Å². The van der Waals surface area contributed by atoms with Crippen molar-refractivity contribution < 1.29 is 36.6 Å². The van der Waals surface area contributed by atoms with Crippen molar-refractivity contribution in [2.45, 2.75) is 49.6 Å². The van der Waals surface area contributed by atoms with Crippen molar-refractivity contribution in [2.24, 2.45) is 0 Å². The van der Waals surface area contributed by atoms with Crippen LogP contribution in [0, 0.1) is 0 Å². The summed E-state index contributed by atoms with van der Waals surface area (Å²) in [7, 11) is 0. The maximum atomic E-state index is 14.6. The van der Waals surface area contributed by atoms with E-state index in [1.807, 2.05) is 65.6 Å². The Morgan fingerprint density at radius 1 is 0.932 bits per heavy atom. The second-order valence-electron chi connectivity index (χ2n) is 10.8. The van der Waals surface area contributed by atoms with Crippen molar-refractivity contribution >= 4 is 17.5 Å². The van der Waals surface area contributed by atoms with Gasteiger partial charge in [0.15, 0.2) is 0 Å². The molecule has 4 heterocycles. The second kappa shape index (κ2) is 11.9. The molecule has 2 aliphatic heterocycles. The van der Waals surface area contributed by atoms with E-state index in [1.165, 1.54) is 16.9 Å². The van der Waals surface area contributed by atoms with Crippen molar-refractivity contribution in [3.05, 3.63) is 101 Å². The molecule has 0 bridgehead atoms. The van der Waals surface area contributed by atoms with Crippen LogP contribution in [0.3, 0.4) is 0 Å². The number of alkyl halides is 5. The number of nitrogens with one attached hydrogen (secondary N) is 1. The average Bonchev–Trinajstić information content (AvgIpc) is 3.36. The molecular weight excluding hydrogens is 585 g/mol. The quantitative estimate of drug-likeness (QED) is 0.254. The highest BCUT2D eigenvalue weighted by Crippen LogP contribution is 2.49. The van der Waals surface area contributed by atoms with Crippen LogP contribution >= 0.6 is 0 Å². The highest BCUT2D eigenvalue weighted by molar-refractivity contribution is 5.97. The number of aromatic nitrogens is 3. The number of hydrogen-bond donors (Lipinski definition) is 2. The Morgan fingerprint density at radius 2 is 1.55 bits per heavy atom. The Kier molecular flexibility index (Phi) is 7.97. The number of fused-ring (bicyclic) bond motifs is 1. The van der Waals surface area contributed by atoms with Crippen LogP contribution in [0.5, 0.6) is 5.75 Å². The Hall–Kier alpha value is -4.52. The Balaban J connectivity index is 1.40. The fourth-order valence-corrected chi connectivity index (χ4v) is 6.09. The minimum absolute atomic E-state index is 0.0824. The maximum absolute atomic E-state index is 14.6. The van der Waals surface area contributed by atoms with Crippen LogP contribution < -0.4 is 15.0 Å². The molecule has 230 valence electrons. The summed E-state index contributed by atoms with van der Waals surface area (Å²) < 4.78 is 74.6. The zero-order chi connectivity index (χ0) is 31.0. The van der Waals surface area contributed by atoms with Gasteiger partial charge >= 0.3 is 12.8 Å². The molecule has 2 aliphatic rings. The minimum atomic E-state index is -4.92. The van der Waals surface area contributed by atoms with Gasteiger partial charge in [-0.3, -0.25) is 4.79 Å². The number of amides is 1. The number of piperidine rings is 1. The molecule has 1 saturated heterocycles. The number of nitrogens with zero attached hydrogens (tertiary/aromatic N) is 4. The number of carbonyl (C=O) groups is 1. The second-order valence-corrected chi connectivity index (χ2v) is 10.8. The van der Waals surface area contributed by atoms with Crippen LogP contribution in [-0.2, 0) is 4.79 Å². The minimum Gasteiger partial charge on any atom is -0.433 e. The lowest BCUT2D eigenvalue weighted by Crippen LogP contribution is -2.45. The van der Waals surface area contributed by atoms with Crippen LogP contribution in [0.1, 0.15) is 53.1 Å². The number of anilines is 2. The zero-order valence-corrected chi connectivity index (χ0v) is 23.2. The van der Waals surface area contributed by atoms with Crippen molar-refractivity contribution in [1.82, 2.24) is 14.8 Å². The number of aliphatic hydroxyl groups is 1. The highest BCUT2D eigenvalue weighted by atomic mass is 19.4. The topological polar surface area (TPSA) is 92.5 Å². The molecule has 13 heteroatoms. The van der Waals surface area contributed by atoms with E-state index >= 15 is 0 Å². The maximum Gasteiger partial charge on any atom is 0.398 e. The number of halogens is 5. The van der Waals surface area contributed by atoms with Crippen molar-refractivity contribution in [3.63, 3.8) is 0 Å². The first kappa shape index (κ1) is 29.5. The van der Waals surface area contributed by atoms with E-state index in [0.29, 0.717) is 31.7 Å². The zero-order valence-electron chi connectivity index (χ0n) is 23.2. The number of hydrogen-bond acceptors (Lipinski definition) is 6. The van der Waals surface area contributed by atoms with Crippen molar-refractivity contribution in [3.8, 4) is 5.75 Å². The summed E-state index contributed by atoms with van der Waals surface area (Å²) in [6.07, 6.45) is -5.26. The van der Waals surface area contributed by atoms with Gasteiger partial charge in [0.2, 0.25) is 0 Å². The lowest BCUT2D eigenvalue weighted by Gasteiger charge is -2.34. The molecular formula is C31H28F5N5O3. The molecule has 2 N–H and O–H groups in total. The molecule has 2 aromatic carbocycles.